The summed E-state index contributed by atoms with van der Waals surface area (Å²) in [7, 11) is 0. The predicted octanol–water partition coefficient (Wildman–Crippen LogP) is 4.11. The Morgan fingerprint density at radius 3 is 2.50 bits per heavy atom. The van der Waals surface area contributed by atoms with Crippen molar-refractivity contribution >= 4 is 17.6 Å². The van der Waals surface area contributed by atoms with Gasteiger partial charge >= 0.3 is 0 Å². The number of thioether (sulfide) groups is 1. The van der Waals surface area contributed by atoms with E-state index in [0.717, 1.165) is 18.1 Å². The average Bonchev–Trinajstić information content (AvgIpc) is 2.40. The van der Waals surface area contributed by atoms with Crippen molar-refractivity contribution in [1.82, 2.24) is 4.98 Å². The van der Waals surface area contributed by atoms with Crippen molar-refractivity contribution in [2.45, 2.75) is 24.5 Å². The van der Waals surface area contributed by atoms with E-state index in [2.05, 4.69) is 54.5 Å². The van der Waals surface area contributed by atoms with Crippen LogP contribution in [0.4, 0.5) is 5.82 Å². The van der Waals surface area contributed by atoms with E-state index in [4.69, 9.17) is 0 Å². The molecule has 2 nitrogen and oxygen atoms in total. The highest BCUT2D eigenvalue weighted by Crippen LogP contribution is 2.22. The molecule has 2 aromatic rings. The highest BCUT2D eigenvalue weighted by atomic mass is 32.2. The fraction of sp³-hybridized carbons (Fsp3) is 0.267. The number of aromatic nitrogens is 1. The highest BCUT2D eigenvalue weighted by molar-refractivity contribution is 7.98. The van der Waals surface area contributed by atoms with Gasteiger partial charge in [-0.15, -0.1) is 11.8 Å². The van der Waals surface area contributed by atoms with Crippen LogP contribution in [-0.4, -0.2) is 11.5 Å². The number of rotatable bonds is 5. The SMILES string of the molecule is CCNc1ccc(CSc2ccc(C)cc2)cn1. The fourth-order valence-corrected chi connectivity index (χ4v) is 2.43. The largest absolute Gasteiger partial charge is 0.370 e. The summed E-state index contributed by atoms with van der Waals surface area (Å²) in [6.45, 7) is 5.09. The molecule has 0 radical (unpaired) electrons. The number of pyridine rings is 1. The first kappa shape index (κ1) is 13.0. The van der Waals surface area contributed by atoms with Crippen LogP contribution in [0.3, 0.4) is 0 Å². The minimum Gasteiger partial charge on any atom is -0.370 e. The van der Waals surface area contributed by atoms with E-state index < -0.39 is 0 Å². The number of benzene rings is 1. The van der Waals surface area contributed by atoms with Crippen molar-refractivity contribution in [2.75, 3.05) is 11.9 Å². The smallest absolute Gasteiger partial charge is 0.125 e. The lowest BCUT2D eigenvalue weighted by atomic mass is 10.2. The van der Waals surface area contributed by atoms with Gasteiger partial charge in [-0.25, -0.2) is 4.98 Å². The molecule has 0 aliphatic rings. The summed E-state index contributed by atoms with van der Waals surface area (Å²) in [5, 5.41) is 3.20. The van der Waals surface area contributed by atoms with Gasteiger partial charge in [-0.1, -0.05) is 23.8 Å². The van der Waals surface area contributed by atoms with E-state index in [0.29, 0.717) is 0 Å². The van der Waals surface area contributed by atoms with Crippen molar-refractivity contribution in [3.8, 4) is 0 Å². The lowest BCUT2D eigenvalue weighted by Gasteiger charge is -2.05. The molecule has 0 amide bonds. The third kappa shape index (κ3) is 3.77. The Morgan fingerprint density at radius 1 is 1.11 bits per heavy atom. The summed E-state index contributed by atoms with van der Waals surface area (Å²) < 4.78 is 0. The van der Waals surface area contributed by atoms with Gasteiger partial charge in [-0.3, -0.25) is 0 Å². The van der Waals surface area contributed by atoms with E-state index in [1.807, 2.05) is 24.0 Å². The van der Waals surface area contributed by atoms with Crippen molar-refractivity contribution in [2.24, 2.45) is 0 Å². The van der Waals surface area contributed by atoms with Crippen molar-refractivity contribution in [1.29, 1.82) is 0 Å². The molecule has 0 saturated heterocycles. The van der Waals surface area contributed by atoms with Gasteiger partial charge < -0.3 is 5.32 Å². The summed E-state index contributed by atoms with van der Waals surface area (Å²) in [5.74, 6) is 1.91. The summed E-state index contributed by atoms with van der Waals surface area (Å²) in [6, 6.07) is 12.8. The molecule has 0 fully saturated rings. The average molecular weight is 258 g/mol. The second-order valence-electron chi connectivity index (χ2n) is 4.18. The second-order valence-corrected chi connectivity index (χ2v) is 5.23. The van der Waals surface area contributed by atoms with Crippen LogP contribution < -0.4 is 5.32 Å². The zero-order valence-electron chi connectivity index (χ0n) is 10.8. The van der Waals surface area contributed by atoms with Crippen molar-refractivity contribution in [3.05, 3.63) is 53.7 Å². The van der Waals surface area contributed by atoms with Gasteiger partial charge in [0.1, 0.15) is 5.82 Å². The van der Waals surface area contributed by atoms with Gasteiger partial charge in [0.05, 0.1) is 0 Å². The molecule has 2 rings (SSSR count). The number of nitrogens with one attached hydrogen (secondary N) is 1. The van der Waals surface area contributed by atoms with Crippen LogP contribution in [0.1, 0.15) is 18.1 Å². The lowest BCUT2D eigenvalue weighted by molar-refractivity contribution is 1.14. The maximum atomic E-state index is 4.37. The lowest BCUT2D eigenvalue weighted by Crippen LogP contribution is -1.98. The van der Waals surface area contributed by atoms with Gasteiger partial charge in [-0.2, -0.15) is 0 Å². The van der Waals surface area contributed by atoms with Crippen molar-refractivity contribution < 1.29 is 0 Å². The second kappa shape index (κ2) is 6.45. The zero-order chi connectivity index (χ0) is 12.8. The van der Waals surface area contributed by atoms with Crippen LogP contribution in [0, 0.1) is 6.92 Å². The van der Waals surface area contributed by atoms with E-state index >= 15 is 0 Å². The standard InChI is InChI=1S/C15H18N2S/c1-3-16-15-9-6-13(10-17-15)11-18-14-7-4-12(2)5-8-14/h4-10H,3,11H2,1-2H3,(H,16,17). The Labute approximate surface area is 113 Å². The monoisotopic (exact) mass is 258 g/mol. The molecular formula is C15H18N2S. The maximum absolute atomic E-state index is 4.37. The van der Waals surface area contributed by atoms with Crippen LogP contribution in [-0.2, 0) is 5.75 Å². The van der Waals surface area contributed by atoms with Crippen molar-refractivity contribution in [3.63, 3.8) is 0 Å². The van der Waals surface area contributed by atoms with E-state index in [9.17, 15) is 0 Å². The molecule has 1 heterocycles. The molecule has 0 spiro atoms. The molecule has 1 aromatic carbocycles. The molecule has 0 bridgehead atoms. The van der Waals surface area contributed by atoms with E-state index in [-0.39, 0.29) is 0 Å². The Balaban J connectivity index is 1.91. The first-order valence-corrected chi connectivity index (χ1v) is 7.15. The molecule has 94 valence electrons. The molecule has 0 unspecified atom stereocenters. The van der Waals surface area contributed by atoms with Crippen LogP contribution >= 0.6 is 11.8 Å². The van der Waals surface area contributed by atoms with Gasteiger partial charge in [0, 0.05) is 23.4 Å². The Morgan fingerprint density at radius 2 is 1.89 bits per heavy atom. The molecule has 1 N–H and O–H groups in total. The number of nitrogens with zero attached hydrogens (tertiary/aromatic N) is 1. The fourth-order valence-electron chi connectivity index (χ4n) is 1.60. The Hall–Kier alpha value is -1.48. The Bertz CT molecular complexity index is 477. The van der Waals surface area contributed by atoms with Gasteiger partial charge in [0.2, 0.25) is 0 Å². The molecule has 0 aliphatic heterocycles. The predicted molar refractivity (Wildman–Crippen MR) is 79.1 cm³/mol. The normalized spacial score (nSPS) is 10.3. The van der Waals surface area contributed by atoms with Crippen LogP contribution in [0.2, 0.25) is 0 Å². The molecule has 18 heavy (non-hydrogen) atoms. The zero-order valence-corrected chi connectivity index (χ0v) is 11.6. The summed E-state index contributed by atoms with van der Waals surface area (Å²) in [5.41, 5.74) is 2.55. The van der Waals surface area contributed by atoms with Crippen LogP contribution in [0.15, 0.2) is 47.5 Å². The molecule has 3 heteroatoms. The number of hydrogen-bond acceptors (Lipinski definition) is 3. The van der Waals surface area contributed by atoms with Gasteiger partial charge in [0.25, 0.3) is 0 Å². The topological polar surface area (TPSA) is 24.9 Å². The van der Waals surface area contributed by atoms with Gasteiger partial charge in [0.15, 0.2) is 0 Å². The maximum Gasteiger partial charge on any atom is 0.125 e. The molecular weight excluding hydrogens is 240 g/mol. The summed E-state index contributed by atoms with van der Waals surface area (Å²) in [6.07, 6.45) is 1.94. The van der Waals surface area contributed by atoms with Crippen LogP contribution in [0.5, 0.6) is 0 Å². The molecule has 0 saturated carbocycles. The third-order valence-corrected chi connectivity index (χ3v) is 3.69. The van der Waals surface area contributed by atoms with Gasteiger partial charge in [-0.05, 0) is 37.6 Å². The minimum absolute atomic E-state index is 0.907. The van der Waals surface area contributed by atoms with E-state index in [1.165, 1.54) is 16.0 Å². The third-order valence-electron chi connectivity index (χ3n) is 2.61. The summed E-state index contributed by atoms with van der Waals surface area (Å²) >= 11 is 1.84. The first-order chi connectivity index (χ1) is 8.78. The van der Waals surface area contributed by atoms with E-state index in [1.54, 1.807) is 0 Å². The van der Waals surface area contributed by atoms with Crippen LogP contribution in [0.25, 0.3) is 0 Å². The molecule has 0 atom stereocenters. The first-order valence-electron chi connectivity index (χ1n) is 6.16. The summed E-state index contributed by atoms with van der Waals surface area (Å²) in [4.78, 5) is 5.67. The number of aryl methyl sites for hydroxylation is 1. The number of anilines is 1. The molecule has 0 aliphatic carbocycles. The Kier molecular flexibility index (Phi) is 4.65. The molecule has 1 aromatic heterocycles. The number of hydrogen-bond donors (Lipinski definition) is 1. The minimum atomic E-state index is 0.907. The quantitative estimate of drug-likeness (QED) is 0.817. The highest BCUT2D eigenvalue weighted by Gasteiger charge is 1.98.